The first-order valence-corrected chi connectivity index (χ1v) is 5.23. The second-order valence-electron chi connectivity index (χ2n) is 4.26. The van der Waals surface area contributed by atoms with E-state index in [1.54, 1.807) is 0 Å². The third kappa shape index (κ3) is 4.51. The molecule has 0 bridgehead atoms. The topological polar surface area (TPSA) is 33.0 Å². The summed E-state index contributed by atoms with van der Waals surface area (Å²) in [6.07, 6.45) is 1.78. The zero-order chi connectivity index (χ0) is 11.1. The summed E-state index contributed by atoms with van der Waals surface area (Å²) in [4.78, 5) is 0. The average molecular weight is 203 g/mol. The lowest BCUT2D eigenvalue weighted by Gasteiger charge is -2.14. The van der Waals surface area contributed by atoms with Crippen molar-refractivity contribution in [2.75, 3.05) is 6.61 Å². The van der Waals surface area contributed by atoms with Gasteiger partial charge in [-0.3, -0.25) is 0 Å². The fourth-order valence-electron chi connectivity index (χ4n) is 1.28. The van der Waals surface area contributed by atoms with Crippen LogP contribution in [0.3, 0.4) is 0 Å². The maximum absolute atomic E-state index is 8.82. The molecule has 0 spiro atoms. The standard InChI is InChI=1S/C13H17NO/c1-13(2,11-14)9-6-10-15-12-7-4-3-5-8-12/h3-5,7-8H,6,9-10H2,1-2H3. The molecule has 0 aromatic heterocycles. The third-order valence-corrected chi connectivity index (χ3v) is 2.26. The lowest BCUT2D eigenvalue weighted by atomic mass is 9.90. The van der Waals surface area contributed by atoms with Crippen LogP contribution in [0.4, 0.5) is 0 Å². The Morgan fingerprint density at radius 3 is 2.53 bits per heavy atom. The molecular weight excluding hydrogens is 186 g/mol. The Morgan fingerprint density at radius 2 is 1.93 bits per heavy atom. The summed E-state index contributed by atoms with van der Waals surface area (Å²) >= 11 is 0. The van der Waals surface area contributed by atoms with E-state index in [1.807, 2.05) is 44.2 Å². The van der Waals surface area contributed by atoms with Gasteiger partial charge < -0.3 is 4.74 Å². The molecule has 1 aromatic rings. The molecule has 15 heavy (non-hydrogen) atoms. The number of nitrogens with zero attached hydrogens (tertiary/aromatic N) is 1. The molecule has 80 valence electrons. The van der Waals surface area contributed by atoms with Crippen molar-refractivity contribution in [3.05, 3.63) is 30.3 Å². The predicted molar refractivity (Wildman–Crippen MR) is 60.6 cm³/mol. The van der Waals surface area contributed by atoms with Crippen LogP contribution in [0.15, 0.2) is 30.3 Å². The van der Waals surface area contributed by atoms with E-state index in [4.69, 9.17) is 10.00 Å². The van der Waals surface area contributed by atoms with Crippen LogP contribution >= 0.6 is 0 Å². The molecule has 0 saturated heterocycles. The minimum atomic E-state index is -0.236. The maximum Gasteiger partial charge on any atom is 0.119 e. The minimum Gasteiger partial charge on any atom is -0.494 e. The van der Waals surface area contributed by atoms with Gasteiger partial charge in [-0.25, -0.2) is 0 Å². The summed E-state index contributed by atoms with van der Waals surface area (Å²) in [5, 5.41) is 8.82. The molecule has 0 aliphatic rings. The highest BCUT2D eigenvalue weighted by molar-refractivity contribution is 5.20. The minimum absolute atomic E-state index is 0.236. The van der Waals surface area contributed by atoms with Gasteiger partial charge in [0.2, 0.25) is 0 Å². The summed E-state index contributed by atoms with van der Waals surface area (Å²) in [6, 6.07) is 12.0. The Morgan fingerprint density at radius 1 is 1.27 bits per heavy atom. The van der Waals surface area contributed by atoms with Crippen molar-refractivity contribution in [1.29, 1.82) is 5.26 Å². The van der Waals surface area contributed by atoms with E-state index in [9.17, 15) is 0 Å². The van der Waals surface area contributed by atoms with Crippen molar-refractivity contribution >= 4 is 0 Å². The number of benzene rings is 1. The van der Waals surface area contributed by atoms with Gasteiger partial charge in [0.05, 0.1) is 18.1 Å². The van der Waals surface area contributed by atoms with Crippen LogP contribution < -0.4 is 4.74 Å². The largest absolute Gasteiger partial charge is 0.494 e. The Kier molecular flexibility index (Phi) is 4.17. The first-order valence-electron chi connectivity index (χ1n) is 5.23. The molecule has 0 atom stereocenters. The fourth-order valence-corrected chi connectivity index (χ4v) is 1.28. The van der Waals surface area contributed by atoms with Gasteiger partial charge in [-0.05, 0) is 38.8 Å². The van der Waals surface area contributed by atoms with E-state index in [1.165, 1.54) is 0 Å². The highest BCUT2D eigenvalue weighted by Crippen LogP contribution is 2.20. The molecule has 0 aliphatic carbocycles. The normalized spacial score (nSPS) is 10.7. The number of rotatable bonds is 5. The molecule has 0 aliphatic heterocycles. The molecule has 0 radical (unpaired) electrons. The lowest BCUT2D eigenvalue weighted by molar-refractivity contribution is 0.284. The van der Waals surface area contributed by atoms with E-state index >= 15 is 0 Å². The van der Waals surface area contributed by atoms with Crippen molar-refractivity contribution in [3.8, 4) is 11.8 Å². The summed E-state index contributed by atoms with van der Waals surface area (Å²) < 4.78 is 5.54. The van der Waals surface area contributed by atoms with Gasteiger partial charge in [0, 0.05) is 0 Å². The number of nitriles is 1. The highest BCUT2D eigenvalue weighted by atomic mass is 16.5. The van der Waals surface area contributed by atoms with Gasteiger partial charge in [-0.2, -0.15) is 5.26 Å². The molecule has 0 N–H and O–H groups in total. The predicted octanol–water partition coefficient (Wildman–Crippen LogP) is 3.40. The molecular formula is C13H17NO. The van der Waals surface area contributed by atoms with Gasteiger partial charge >= 0.3 is 0 Å². The van der Waals surface area contributed by atoms with E-state index in [-0.39, 0.29) is 5.41 Å². The van der Waals surface area contributed by atoms with E-state index in [0.29, 0.717) is 6.61 Å². The second-order valence-corrected chi connectivity index (χ2v) is 4.26. The zero-order valence-corrected chi connectivity index (χ0v) is 9.36. The Balaban J connectivity index is 2.21. The van der Waals surface area contributed by atoms with Crippen LogP contribution in [0, 0.1) is 16.7 Å². The van der Waals surface area contributed by atoms with Gasteiger partial charge in [0.1, 0.15) is 5.75 Å². The zero-order valence-electron chi connectivity index (χ0n) is 9.36. The maximum atomic E-state index is 8.82. The van der Waals surface area contributed by atoms with Gasteiger partial charge in [-0.15, -0.1) is 0 Å². The number of hydrogen-bond acceptors (Lipinski definition) is 2. The molecule has 0 fully saturated rings. The monoisotopic (exact) mass is 203 g/mol. The lowest BCUT2D eigenvalue weighted by Crippen LogP contribution is -2.10. The molecule has 0 heterocycles. The van der Waals surface area contributed by atoms with Crippen LogP contribution in [0.1, 0.15) is 26.7 Å². The summed E-state index contributed by atoms with van der Waals surface area (Å²) in [6.45, 7) is 4.58. The molecule has 0 amide bonds. The first kappa shape index (κ1) is 11.6. The fraction of sp³-hybridized carbons (Fsp3) is 0.462. The average Bonchev–Trinajstić information content (AvgIpc) is 2.26. The van der Waals surface area contributed by atoms with Crippen LogP contribution in [-0.2, 0) is 0 Å². The van der Waals surface area contributed by atoms with Crippen molar-refractivity contribution in [1.82, 2.24) is 0 Å². The van der Waals surface area contributed by atoms with Gasteiger partial charge in [0.25, 0.3) is 0 Å². The summed E-state index contributed by atoms with van der Waals surface area (Å²) in [5.41, 5.74) is -0.236. The van der Waals surface area contributed by atoms with Crippen LogP contribution in [0.5, 0.6) is 5.75 Å². The van der Waals surface area contributed by atoms with Crippen LogP contribution in [0.2, 0.25) is 0 Å². The molecule has 1 rings (SSSR count). The number of ether oxygens (including phenoxy) is 1. The molecule has 2 heteroatoms. The molecule has 0 unspecified atom stereocenters. The van der Waals surface area contributed by atoms with E-state index in [2.05, 4.69) is 6.07 Å². The highest BCUT2D eigenvalue weighted by Gasteiger charge is 2.15. The van der Waals surface area contributed by atoms with E-state index < -0.39 is 0 Å². The first-order chi connectivity index (χ1) is 7.14. The molecule has 0 saturated carbocycles. The van der Waals surface area contributed by atoms with Crippen LogP contribution in [-0.4, -0.2) is 6.61 Å². The molecule has 1 aromatic carbocycles. The van der Waals surface area contributed by atoms with Gasteiger partial charge in [-0.1, -0.05) is 18.2 Å². The SMILES string of the molecule is CC(C)(C#N)CCCOc1ccccc1. The molecule has 2 nitrogen and oxygen atoms in total. The van der Waals surface area contributed by atoms with Crippen LogP contribution in [0.25, 0.3) is 0 Å². The van der Waals surface area contributed by atoms with Gasteiger partial charge in [0.15, 0.2) is 0 Å². The Labute approximate surface area is 91.5 Å². The Hall–Kier alpha value is -1.49. The van der Waals surface area contributed by atoms with E-state index in [0.717, 1.165) is 18.6 Å². The third-order valence-electron chi connectivity index (χ3n) is 2.26. The van der Waals surface area contributed by atoms with Crippen molar-refractivity contribution in [2.45, 2.75) is 26.7 Å². The summed E-state index contributed by atoms with van der Waals surface area (Å²) in [5.74, 6) is 0.896. The van der Waals surface area contributed by atoms with Crippen molar-refractivity contribution in [2.24, 2.45) is 5.41 Å². The summed E-state index contributed by atoms with van der Waals surface area (Å²) in [7, 11) is 0. The quantitative estimate of drug-likeness (QED) is 0.687. The van der Waals surface area contributed by atoms with Crippen molar-refractivity contribution < 1.29 is 4.74 Å². The number of hydrogen-bond donors (Lipinski definition) is 0. The number of para-hydroxylation sites is 1. The van der Waals surface area contributed by atoms with Crippen molar-refractivity contribution in [3.63, 3.8) is 0 Å². The smallest absolute Gasteiger partial charge is 0.119 e. The Bertz CT molecular complexity index is 324. The second kappa shape index (κ2) is 5.41.